The van der Waals surface area contributed by atoms with Crippen LogP contribution in [0.25, 0.3) is 22.2 Å². The molecule has 1 amide bonds. The van der Waals surface area contributed by atoms with Crippen molar-refractivity contribution in [3.8, 4) is 17.0 Å². The number of ether oxygens (including phenoxy) is 4. The van der Waals surface area contributed by atoms with Crippen LogP contribution in [0.5, 0.6) is 5.75 Å². The molecule has 36 heavy (non-hydrogen) atoms. The fraction of sp³-hybridized carbons (Fsp3) is 0.519. The minimum Gasteiger partial charge on any atom is -0.493 e. The van der Waals surface area contributed by atoms with E-state index in [1.165, 1.54) is 19.8 Å². The molecule has 2 N–H and O–H groups in total. The maximum Gasteiger partial charge on any atom is 0.222 e. The highest BCUT2D eigenvalue weighted by Crippen LogP contribution is 2.51. The van der Waals surface area contributed by atoms with Crippen molar-refractivity contribution in [1.29, 1.82) is 0 Å². The second kappa shape index (κ2) is 8.26. The molecule has 0 bridgehead atoms. The molecule has 188 valence electrons. The Bertz CT molecular complexity index is 1330. The minimum atomic E-state index is -0.527. The molecule has 0 aromatic carbocycles. The predicted molar refractivity (Wildman–Crippen MR) is 132 cm³/mol. The Morgan fingerprint density at radius 1 is 1.22 bits per heavy atom. The summed E-state index contributed by atoms with van der Waals surface area (Å²) in [5, 5.41) is 3.71. The Hall–Kier alpha value is -3.01. The number of amides is 1. The first-order chi connectivity index (χ1) is 17.5. The van der Waals surface area contributed by atoms with E-state index < -0.39 is 5.60 Å². The van der Waals surface area contributed by atoms with Gasteiger partial charge in [0.25, 0.3) is 0 Å². The number of carbonyl (C=O) groups is 1. The summed E-state index contributed by atoms with van der Waals surface area (Å²) in [5.41, 5.74) is 4.57. The van der Waals surface area contributed by atoms with Crippen LogP contribution < -0.4 is 10.1 Å². The lowest BCUT2D eigenvalue weighted by Gasteiger charge is -2.53. The van der Waals surface area contributed by atoms with E-state index in [4.69, 9.17) is 23.9 Å². The smallest absolute Gasteiger partial charge is 0.222 e. The summed E-state index contributed by atoms with van der Waals surface area (Å²) < 4.78 is 24.1. The van der Waals surface area contributed by atoms with Crippen LogP contribution in [-0.4, -0.2) is 60.5 Å². The molecule has 6 heterocycles. The van der Waals surface area contributed by atoms with Gasteiger partial charge in [-0.05, 0) is 24.8 Å². The molecular weight excluding hydrogens is 460 g/mol. The molecule has 3 fully saturated rings. The van der Waals surface area contributed by atoms with Crippen LogP contribution in [0.2, 0.25) is 0 Å². The van der Waals surface area contributed by atoms with Gasteiger partial charge in [0.1, 0.15) is 17.2 Å². The number of hydrogen-bond donors (Lipinski definition) is 2. The van der Waals surface area contributed by atoms with Gasteiger partial charge in [0, 0.05) is 60.6 Å². The van der Waals surface area contributed by atoms with Gasteiger partial charge in [-0.15, -0.1) is 0 Å². The number of nitrogens with zero attached hydrogens (tertiary/aromatic N) is 2. The van der Waals surface area contributed by atoms with Crippen LogP contribution in [-0.2, 0) is 31.0 Å². The average Bonchev–Trinajstić information content (AvgIpc) is 3.44. The van der Waals surface area contributed by atoms with Crippen molar-refractivity contribution in [2.24, 2.45) is 11.3 Å². The molecule has 9 nitrogen and oxygen atoms in total. The van der Waals surface area contributed by atoms with Crippen molar-refractivity contribution in [3.63, 3.8) is 0 Å². The van der Waals surface area contributed by atoms with E-state index in [1.54, 1.807) is 6.20 Å². The molecule has 1 unspecified atom stereocenters. The van der Waals surface area contributed by atoms with Gasteiger partial charge >= 0.3 is 0 Å². The highest BCUT2D eigenvalue weighted by Gasteiger charge is 2.50. The van der Waals surface area contributed by atoms with Gasteiger partial charge in [-0.25, -0.2) is 9.97 Å². The summed E-state index contributed by atoms with van der Waals surface area (Å²) in [6, 6.07) is 3.94. The lowest BCUT2D eigenvalue weighted by molar-refractivity contribution is -0.183. The molecule has 3 aromatic rings. The molecule has 1 aliphatic carbocycles. The standard InChI is InChI=1S/C27H30N4O5/c1-16(32)30-24-6-19-20(10-28-22(19)11-29-24)21-7-23(35-12-17-8-26(9-17)13-34-14-26)18-2-4-36-27(25(18)31-21)3-5-33-15-27/h6-7,10-11,17,28H,2-5,8-9,12-15H2,1H3,(H,29,30,32). The van der Waals surface area contributed by atoms with E-state index in [-0.39, 0.29) is 5.91 Å². The maximum absolute atomic E-state index is 11.6. The molecule has 3 aromatic heterocycles. The molecule has 2 spiro atoms. The Morgan fingerprint density at radius 2 is 2.11 bits per heavy atom. The number of carbonyl (C=O) groups excluding carboxylic acids is 1. The van der Waals surface area contributed by atoms with Crippen molar-refractivity contribution >= 4 is 22.6 Å². The molecule has 1 saturated carbocycles. The van der Waals surface area contributed by atoms with Crippen LogP contribution in [0.1, 0.15) is 37.4 Å². The average molecular weight is 491 g/mol. The largest absolute Gasteiger partial charge is 0.493 e. The van der Waals surface area contributed by atoms with Crippen molar-refractivity contribution in [2.45, 2.75) is 38.2 Å². The second-order valence-corrected chi connectivity index (χ2v) is 10.8. The topological polar surface area (TPSA) is 108 Å². The van der Waals surface area contributed by atoms with Gasteiger partial charge in [-0.2, -0.15) is 0 Å². The third kappa shape index (κ3) is 3.60. The molecule has 2 saturated heterocycles. The number of hydrogen-bond acceptors (Lipinski definition) is 7. The fourth-order valence-corrected chi connectivity index (χ4v) is 6.30. The van der Waals surface area contributed by atoms with Crippen molar-refractivity contribution in [2.75, 3.05) is 45.0 Å². The molecule has 4 aliphatic rings. The van der Waals surface area contributed by atoms with E-state index in [9.17, 15) is 4.79 Å². The number of fused-ring (bicyclic) bond motifs is 3. The Kier molecular flexibility index (Phi) is 5.09. The zero-order chi connectivity index (χ0) is 24.3. The van der Waals surface area contributed by atoms with Gasteiger partial charge in [0.05, 0.1) is 56.1 Å². The maximum atomic E-state index is 11.6. The monoisotopic (exact) mass is 490 g/mol. The Labute approximate surface area is 208 Å². The summed E-state index contributed by atoms with van der Waals surface area (Å²) in [7, 11) is 0. The molecular formula is C27H30N4O5. The van der Waals surface area contributed by atoms with Gasteiger partial charge in [0.2, 0.25) is 5.91 Å². The van der Waals surface area contributed by atoms with E-state index in [2.05, 4.69) is 21.4 Å². The van der Waals surface area contributed by atoms with Crippen molar-refractivity contribution in [3.05, 3.63) is 35.8 Å². The zero-order valence-electron chi connectivity index (χ0n) is 20.4. The van der Waals surface area contributed by atoms with Gasteiger partial charge < -0.3 is 29.2 Å². The highest BCUT2D eigenvalue weighted by atomic mass is 16.6. The SMILES string of the molecule is CC(=O)Nc1cc2c(-c3cc(OCC4CC5(COC5)C4)c4c(n3)C3(CCOC3)OCC4)c[nH]c2cn1. The van der Waals surface area contributed by atoms with E-state index in [0.717, 1.165) is 65.2 Å². The summed E-state index contributed by atoms with van der Waals surface area (Å²) in [5.74, 6) is 1.80. The summed E-state index contributed by atoms with van der Waals surface area (Å²) in [6.07, 6.45) is 7.57. The molecule has 0 radical (unpaired) electrons. The zero-order valence-corrected chi connectivity index (χ0v) is 20.4. The molecule has 3 aliphatic heterocycles. The van der Waals surface area contributed by atoms with E-state index in [1.807, 2.05) is 12.3 Å². The molecule has 7 rings (SSSR count). The quantitative estimate of drug-likeness (QED) is 0.563. The third-order valence-corrected chi connectivity index (χ3v) is 8.11. The van der Waals surface area contributed by atoms with Gasteiger partial charge in [0.15, 0.2) is 0 Å². The number of aromatic nitrogens is 3. The normalized spacial score (nSPS) is 24.5. The first kappa shape index (κ1) is 22.2. The van der Waals surface area contributed by atoms with Gasteiger partial charge in [-0.1, -0.05) is 0 Å². The third-order valence-electron chi connectivity index (χ3n) is 8.11. The molecule has 1 atom stereocenters. The first-order valence-corrected chi connectivity index (χ1v) is 12.7. The molecule has 9 heteroatoms. The number of rotatable bonds is 5. The fourth-order valence-electron chi connectivity index (χ4n) is 6.30. The van der Waals surface area contributed by atoms with Crippen molar-refractivity contribution < 1.29 is 23.7 Å². The Balaban J connectivity index is 1.28. The predicted octanol–water partition coefficient (Wildman–Crippen LogP) is 3.58. The van der Waals surface area contributed by atoms with Crippen LogP contribution in [0.3, 0.4) is 0 Å². The summed E-state index contributed by atoms with van der Waals surface area (Å²) >= 11 is 0. The van der Waals surface area contributed by atoms with Crippen LogP contribution in [0.4, 0.5) is 5.82 Å². The minimum absolute atomic E-state index is 0.159. The van der Waals surface area contributed by atoms with Crippen LogP contribution >= 0.6 is 0 Å². The lowest BCUT2D eigenvalue weighted by Crippen LogP contribution is -2.53. The second-order valence-electron chi connectivity index (χ2n) is 10.8. The summed E-state index contributed by atoms with van der Waals surface area (Å²) in [4.78, 5) is 24.4. The number of nitrogens with one attached hydrogen (secondary N) is 2. The van der Waals surface area contributed by atoms with Gasteiger partial charge in [-0.3, -0.25) is 4.79 Å². The number of anilines is 1. The van der Waals surface area contributed by atoms with Crippen LogP contribution in [0, 0.1) is 11.3 Å². The number of aromatic amines is 1. The highest BCUT2D eigenvalue weighted by molar-refractivity contribution is 5.97. The van der Waals surface area contributed by atoms with E-state index >= 15 is 0 Å². The van der Waals surface area contributed by atoms with Crippen molar-refractivity contribution in [1.82, 2.24) is 15.0 Å². The first-order valence-electron chi connectivity index (χ1n) is 12.7. The Morgan fingerprint density at radius 3 is 2.86 bits per heavy atom. The summed E-state index contributed by atoms with van der Waals surface area (Å²) in [6.45, 7) is 5.77. The number of H-pyrrole nitrogens is 1. The number of pyridine rings is 2. The lowest BCUT2D eigenvalue weighted by atomic mass is 9.61. The van der Waals surface area contributed by atoms with E-state index in [0.29, 0.717) is 43.6 Å². The van der Waals surface area contributed by atoms with Crippen LogP contribution in [0.15, 0.2) is 24.5 Å².